The molecule has 1 amide bonds. The molecule has 2 rings (SSSR count). The third-order valence-corrected chi connectivity index (χ3v) is 2.56. The van der Waals surface area contributed by atoms with Crippen molar-refractivity contribution in [3.05, 3.63) is 23.5 Å². The Hall–Kier alpha value is -1.80. The van der Waals surface area contributed by atoms with E-state index < -0.39 is 6.04 Å². The molecule has 0 aliphatic heterocycles. The highest BCUT2D eigenvalue weighted by Gasteiger charge is 2.18. The van der Waals surface area contributed by atoms with E-state index >= 15 is 0 Å². The highest BCUT2D eigenvalue weighted by atomic mass is 32.1. The van der Waals surface area contributed by atoms with E-state index in [1.807, 2.05) is 0 Å². The van der Waals surface area contributed by atoms with Gasteiger partial charge in [0.25, 0.3) is 0 Å². The fraction of sp³-hybridized carbons (Fsp3) is 0.250. The summed E-state index contributed by atoms with van der Waals surface area (Å²) in [6.07, 6.45) is 3.26. The second kappa shape index (κ2) is 4.37. The lowest BCUT2D eigenvalue weighted by molar-refractivity contribution is -0.117. The quantitative estimate of drug-likeness (QED) is 0.778. The van der Waals surface area contributed by atoms with E-state index in [1.165, 1.54) is 16.8 Å². The zero-order valence-electron chi connectivity index (χ0n) is 8.49. The van der Waals surface area contributed by atoms with Crippen molar-refractivity contribution in [2.24, 2.45) is 12.8 Å². The van der Waals surface area contributed by atoms with Crippen LogP contribution in [-0.4, -0.2) is 25.9 Å². The van der Waals surface area contributed by atoms with Crippen LogP contribution >= 0.6 is 11.3 Å². The Labute approximate surface area is 95.3 Å². The highest BCUT2D eigenvalue weighted by Crippen LogP contribution is 2.13. The number of carbonyl (C=O) groups is 1. The molecular weight excluding hydrogens is 228 g/mol. The van der Waals surface area contributed by atoms with E-state index in [2.05, 4.69) is 20.6 Å². The van der Waals surface area contributed by atoms with E-state index in [4.69, 9.17) is 5.73 Å². The molecule has 0 fully saturated rings. The SMILES string of the molecule is Cn1cc(C(N)C(=O)Nc2nncs2)cn1. The topological polar surface area (TPSA) is 98.7 Å². The molecule has 0 aromatic carbocycles. The van der Waals surface area contributed by atoms with Crippen molar-refractivity contribution in [3.8, 4) is 0 Å². The maximum atomic E-state index is 11.7. The summed E-state index contributed by atoms with van der Waals surface area (Å²) < 4.78 is 1.59. The Bertz CT molecular complexity index is 478. The number of rotatable bonds is 3. The number of aromatic nitrogens is 4. The minimum atomic E-state index is -0.752. The summed E-state index contributed by atoms with van der Waals surface area (Å²) in [5.74, 6) is -0.329. The van der Waals surface area contributed by atoms with E-state index in [0.29, 0.717) is 10.7 Å². The predicted molar refractivity (Wildman–Crippen MR) is 58.7 cm³/mol. The van der Waals surface area contributed by atoms with E-state index in [9.17, 15) is 4.79 Å². The van der Waals surface area contributed by atoms with Gasteiger partial charge < -0.3 is 5.73 Å². The maximum absolute atomic E-state index is 11.7. The van der Waals surface area contributed by atoms with Gasteiger partial charge in [-0.05, 0) is 0 Å². The first-order valence-electron chi connectivity index (χ1n) is 4.48. The third-order valence-electron chi connectivity index (χ3n) is 1.96. The Balaban J connectivity index is 2.05. The van der Waals surface area contributed by atoms with Crippen molar-refractivity contribution in [2.75, 3.05) is 5.32 Å². The Kier molecular flexibility index (Phi) is 2.93. The molecule has 0 saturated heterocycles. The molecule has 2 heterocycles. The van der Waals surface area contributed by atoms with Gasteiger partial charge in [0.15, 0.2) is 0 Å². The van der Waals surface area contributed by atoms with Crippen LogP contribution in [0.15, 0.2) is 17.9 Å². The van der Waals surface area contributed by atoms with Gasteiger partial charge in [-0.3, -0.25) is 14.8 Å². The van der Waals surface area contributed by atoms with Gasteiger partial charge >= 0.3 is 0 Å². The molecular formula is C8H10N6OS. The summed E-state index contributed by atoms with van der Waals surface area (Å²) in [7, 11) is 1.76. The lowest BCUT2D eigenvalue weighted by Gasteiger charge is -2.07. The molecule has 8 heteroatoms. The molecule has 0 spiro atoms. The molecule has 7 nitrogen and oxygen atoms in total. The summed E-state index contributed by atoms with van der Waals surface area (Å²) >= 11 is 1.24. The number of hydrogen-bond donors (Lipinski definition) is 2. The van der Waals surface area contributed by atoms with Crippen LogP contribution in [0.25, 0.3) is 0 Å². The molecule has 3 N–H and O–H groups in total. The number of carbonyl (C=O) groups excluding carboxylic acids is 1. The monoisotopic (exact) mass is 238 g/mol. The molecule has 1 atom stereocenters. The zero-order chi connectivity index (χ0) is 11.5. The van der Waals surface area contributed by atoms with Crippen LogP contribution in [-0.2, 0) is 11.8 Å². The number of amides is 1. The standard InChI is InChI=1S/C8H10N6OS/c1-14-3-5(2-11-14)6(9)7(15)12-8-13-10-4-16-8/h2-4,6H,9H2,1H3,(H,12,13,15). The van der Waals surface area contributed by atoms with Crippen LogP contribution in [0.4, 0.5) is 5.13 Å². The first kappa shape index (κ1) is 10.7. The van der Waals surface area contributed by atoms with E-state index in [1.54, 1.807) is 24.1 Å². The van der Waals surface area contributed by atoms with Gasteiger partial charge in [-0.15, -0.1) is 10.2 Å². The molecule has 84 valence electrons. The Morgan fingerprint density at radius 2 is 2.50 bits per heavy atom. The highest BCUT2D eigenvalue weighted by molar-refractivity contribution is 7.13. The van der Waals surface area contributed by atoms with Crippen molar-refractivity contribution in [2.45, 2.75) is 6.04 Å². The number of aryl methyl sites for hydroxylation is 1. The van der Waals surface area contributed by atoms with Crippen molar-refractivity contribution >= 4 is 22.4 Å². The second-order valence-electron chi connectivity index (χ2n) is 3.16. The second-order valence-corrected chi connectivity index (χ2v) is 3.99. The number of nitrogens with one attached hydrogen (secondary N) is 1. The van der Waals surface area contributed by atoms with Crippen LogP contribution in [0.3, 0.4) is 0 Å². The van der Waals surface area contributed by atoms with Gasteiger partial charge in [0, 0.05) is 18.8 Å². The minimum Gasteiger partial charge on any atom is -0.316 e. The maximum Gasteiger partial charge on any atom is 0.247 e. The van der Waals surface area contributed by atoms with Crippen LogP contribution in [0.5, 0.6) is 0 Å². The molecule has 0 aliphatic carbocycles. The molecule has 2 aromatic rings. The minimum absolute atomic E-state index is 0.329. The smallest absolute Gasteiger partial charge is 0.247 e. The Morgan fingerprint density at radius 3 is 3.06 bits per heavy atom. The first-order chi connectivity index (χ1) is 7.66. The fourth-order valence-corrected chi connectivity index (χ4v) is 1.61. The normalized spacial score (nSPS) is 12.4. The van der Waals surface area contributed by atoms with Crippen LogP contribution in [0.2, 0.25) is 0 Å². The molecule has 0 saturated carbocycles. The van der Waals surface area contributed by atoms with Crippen LogP contribution in [0, 0.1) is 0 Å². The summed E-state index contributed by atoms with van der Waals surface area (Å²) in [6, 6.07) is -0.752. The zero-order valence-corrected chi connectivity index (χ0v) is 9.31. The number of anilines is 1. The largest absolute Gasteiger partial charge is 0.316 e. The Morgan fingerprint density at radius 1 is 1.69 bits per heavy atom. The van der Waals surface area contributed by atoms with Gasteiger partial charge in [0.1, 0.15) is 11.6 Å². The van der Waals surface area contributed by atoms with E-state index in [-0.39, 0.29) is 5.91 Å². The summed E-state index contributed by atoms with van der Waals surface area (Å²) in [6.45, 7) is 0. The van der Waals surface area contributed by atoms with Gasteiger partial charge in [0.2, 0.25) is 11.0 Å². The average Bonchev–Trinajstić information content (AvgIpc) is 2.88. The average molecular weight is 238 g/mol. The third kappa shape index (κ3) is 2.23. The van der Waals surface area contributed by atoms with Gasteiger partial charge in [-0.25, -0.2) is 0 Å². The lowest BCUT2D eigenvalue weighted by Crippen LogP contribution is -2.27. The van der Waals surface area contributed by atoms with Gasteiger partial charge in [-0.1, -0.05) is 11.3 Å². The lowest BCUT2D eigenvalue weighted by atomic mass is 10.1. The number of nitrogens with two attached hydrogens (primary N) is 1. The van der Waals surface area contributed by atoms with Crippen LogP contribution < -0.4 is 11.1 Å². The molecule has 0 bridgehead atoms. The van der Waals surface area contributed by atoms with Gasteiger partial charge in [0.05, 0.1) is 6.20 Å². The van der Waals surface area contributed by atoms with Crippen molar-refractivity contribution < 1.29 is 4.79 Å². The molecule has 2 aromatic heterocycles. The van der Waals surface area contributed by atoms with Crippen molar-refractivity contribution in [1.29, 1.82) is 0 Å². The summed E-state index contributed by atoms with van der Waals surface area (Å²) in [5.41, 5.74) is 7.95. The number of hydrogen-bond acceptors (Lipinski definition) is 6. The van der Waals surface area contributed by atoms with Gasteiger partial charge in [-0.2, -0.15) is 5.10 Å². The molecule has 1 unspecified atom stereocenters. The summed E-state index contributed by atoms with van der Waals surface area (Å²) in [5, 5.41) is 14.3. The molecule has 0 aliphatic rings. The first-order valence-corrected chi connectivity index (χ1v) is 5.36. The van der Waals surface area contributed by atoms with E-state index in [0.717, 1.165) is 0 Å². The molecule has 16 heavy (non-hydrogen) atoms. The van der Waals surface area contributed by atoms with Crippen LogP contribution in [0.1, 0.15) is 11.6 Å². The predicted octanol–water partition coefficient (Wildman–Crippen LogP) is -0.0899. The van der Waals surface area contributed by atoms with Crippen molar-refractivity contribution in [1.82, 2.24) is 20.0 Å². The summed E-state index contributed by atoms with van der Waals surface area (Å²) in [4.78, 5) is 11.7. The fourth-order valence-electron chi connectivity index (χ4n) is 1.16. The van der Waals surface area contributed by atoms with Crippen molar-refractivity contribution in [3.63, 3.8) is 0 Å². The number of nitrogens with zero attached hydrogens (tertiary/aromatic N) is 4. The molecule has 0 radical (unpaired) electrons.